The van der Waals surface area contributed by atoms with Crippen molar-refractivity contribution in [1.82, 2.24) is 4.90 Å². The van der Waals surface area contributed by atoms with Crippen LogP contribution in [0.2, 0.25) is 0 Å². The van der Waals surface area contributed by atoms with E-state index >= 15 is 0 Å². The van der Waals surface area contributed by atoms with Gasteiger partial charge >= 0.3 is 0 Å². The first-order valence-electron chi connectivity index (χ1n) is 7.05. The quantitative estimate of drug-likeness (QED) is 0.912. The zero-order valence-electron chi connectivity index (χ0n) is 11.4. The highest BCUT2D eigenvalue weighted by Gasteiger charge is 2.29. The summed E-state index contributed by atoms with van der Waals surface area (Å²) >= 11 is 0. The molecule has 106 valence electrons. The van der Waals surface area contributed by atoms with Crippen molar-refractivity contribution in [2.75, 3.05) is 13.1 Å². The van der Waals surface area contributed by atoms with Gasteiger partial charge in [-0.15, -0.1) is 0 Å². The van der Waals surface area contributed by atoms with Crippen LogP contribution in [-0.4, -0.2) is 24.0 Å². The van der Waals surface area contributed by atoms with Crippen molar-refractivity contribution in [2.45, 2.75) is 44.7 Å². The fourth-order valence-electron chi connectivity index (χ4n) is 3.01. The summed E-state index contributed by atoms with van der Waals surface area (Å²) in [6.07, 6.45) is 4.48. The Hall–Kier alpha value is -1.00. The molecule has 2 N–H and O–H groups in total. The molecular formula is C15H22F2N2. The molecule has 0 amide bonds. The Morgan fingerprint density at radius 3 is 2.58 bits per heavy atom. The van der Waals surface area contributed by atoms with Gasteiger partial charge in [-0.25, -0.2) is 8.78 Å². The van der Waals surface area contributed by atoms with Crippen molar-refractivity contribution in [3.05, 3.63) is 35.4 Å². The van der Waals surface area contributed by atoms with E-state index in [1.807, 2.05) is 0 Å². The van der Waals surface area contributed by atoms with Crippen LogP contribution in [0.15, 0.2) is 18.2 Å². The van der Waals surface area contributed by atoms with Gasteiger partial charge in [-0.2, -0.15) is 0 Å². The minimum absolute atomic E-state index is 0.124. The SMILES string of the molecule is CC1CCCCCN1C(CN)c1c(F)cccc1F. The molecule has 2 unspecified atom stereocenters. The Morgan fingerprint density at radius 2 is 1.95 bits per heavy atom. The fraction of sp³-hybridized carbons (Fsp3) is 0.600. The number of hydrogen-bond acceptors (Lipinski definition) is 2. The lowest BCUT2D eigenvalue weighted by atomic mass is 10.0. The second kappa shape index (κ2) is 6.44. The van der Waals surface area contributed by atoms with Gasteiger partial charge in [0, 0.05) is 18.2 Å². The van der Waals surface area contributed by atoms with Crippen LogP contribution in [0.25, 0.3) is 0 Å². The standard InChI is InChI=1S/C15H22F2N2/c1-11-6-3-2-4-9-19(11)14(10-18)15-12(16)7-5-8-13(15)17/h5,7-8,11,14H,2-4,6,9-10,18H2,1H3. The number of nitrogens with zero attached hydrogens (tertiary/aromatic N) is 1. The molecule has 1 aromatic rings. The molecule has 2 nitrogen and oxygen atoms in total. The summed E-state index contributed by atoms with van der Waals surface area (Å²) in [7, 11) is 0. The summed E-state index contributed by atoms with van der Waals surface area (Å²) in [6.45, 7) is 3.21. The van der Waals surface area contributed by atoms with Crippen LogP contribution in [0, 0.1) is 11.6 Å². The summed E-state index contributed by atoms with van der Waals surface area (Å²) in [5, 5.41) is 0. The molecule has 0 radical (unpaired) electrons. The van der Waals surface area contributed by atoms with Crippen molar-refractivity contribution in [2.24, 2.45) is 5.73 Å². The predicted octanol–water partition coefficient (Wildman–Crippen LogP) is 3.23. The minimum atomic E-state index is -0.494. The molecule has 2 rings (SSSR count). The molecule has 1 fully saturated rings. The van der Waals surface area contributed by atoms with Crippen LogP contribution in [0.1, 0.15) is 44.2 Å². The zero-order chi connectivity index (χ0) is 13.8. The van der Waals surface area contributed by atoms with Crippen LogP contribution in [0.4, 0.5) is 8.78 Å². The molecule has 2 atom stereocenters. The summed E-state index contributed by atoms with van der Waals surface area (Å²) in [5.74, 6) is -0.987. The van der Waals surface area contributed by atoms with Crippen LogP contribution >= 0.6 is 0 Å². The summed E-state index contributed by atoms with van der Waals surface area (Å²) in [4.78, 5) is 2.16. The van der Waals surface area contributed by atoms with Crippen LogP contribution in [0.5, 0.6) is 0 Å². The van der Waals surface area contributed by atoms with Gasteiger partial charge in [0.15, 0.2) is 0 Å². The van der Waals surface area contributed by atoms with Gasteiger partial charge < -0.3 is 5.73 Å². The number of hydrogen-bond donors (Lipinski definition) is 1. The average molecular weight is 268 g/mol. The molecule has 0 bridgehead atoms. The molecule has 1 aliphatic heterocycles. The van der Waals surface area contributed by atoms with Crippen LogP contribution in [0.3, 0.4) is 0 Å². The summed E-state index contributed by atoms with van der Waals surface area (Å²) < 4.78 is 27.9. The highest BCUT2D eigenvalue weighted by molar-refractivity contribution is 5.24. The van der Waals surface area contributed by atoms with Gasteiger partial charge in [-0.05, 0) is 38.4 Å². The van der Waals surface area contributed by atoms with E-state index in [0.29, 0.717) is 6.04 Å². The van der Waals surface area contributed by atoms with Crippen molar-refractivity contribution in [1.29, 1.82) is 0 Å². The molecule has 0 aromatic heterocycles. The van der Waals surface area contributed by atoms with E-state index in [1.54, 1.807) is 0 Å². The molecule has 1 aliphatic rings. The van der Waals surface area contributed by atoms with Crippen molar-refractivity contribution < 1.29 is 8.78 Å². The van der Waals surface area contributed by atoms with Crippen LogP contribution in [-0.2, 0) is 0 Å². The molecule has 0 spiro atoms. The fourth-order valence-corrected chi connectivity index (χ4v) is 3.01. The highest BCUT2D eigenvalue weighted by atomic mass is 19.1. The molecule has 0 saturated carbocycles. The van der Waals surface area contributed by atoms with Crippen molar-refractivity contribution in [3.63, 3.8) is 0 Å². The van der Waals surface area contributed by atoms with Gasteiger partial charge in [0.1, 0.15) is 11.6 Å². The Balaban J connectivity index is 2.32. The Morgan fingerprint density at radius 1 is 1.26 bits per heavy atom. The largest absolute Gasteiger partial charge is 0.329 e. The molecule has 1 heterocycles. The van der Waals surface area contributed by atoms with Gasteiger partial charge in [0.25, 0.3) is 0 Å². The number of nitrogens with two attached hydrogens (primary N) is 1. The van der Waals surface area contributed by atoms with Gasteiger partial charge in [0.05, 0.1) is 6.04 Å². The molecular weight excluding hydrogens is 246 g/mol. The van der Waals surface area contributed by atoms with E-state index in [4.69, 9.17) is 5.73 Å². The maximum absolute atomic E-state index is 13.9. The number of rotatable bonds is 3. The third kappa shape index (κ3) is 3.12. The average Bonchev–Trinajstić information content (AvgIpc) is 2.59. The topological polar surface area (TPSA) is 29.3 Å². The third-order valence-corrected chi connectivity index (χ3v) is 4.06. The lowest BCUT2D eigenvalue weighted by Gasteiger charge is -2.35. The maximum atomic E-state index is 13.9. The number of benzene rings is 1. The molecule has 1 saturated heterocycles. The number of likely N-dealkylation sites (tertiary alicyclic amines) is 1. The molecule has 19 heavy (non-hydrogen) atoms. The summed E-state index contributed by atoms with van der Waals surface area (Å²) in [5.41, 5.74) is 5.94. The first-order chi connectivity index (χ1) is 9.15. The normalized spacial score (nSPS) is 23.1. The predicted molar refractivity (Wildman–Crippen MR) is 72.8 cm³/mol. The number of halogens is 2. The van der Waals surface area contributed by atoms with Gasteiger partial charge in [0.2, 0.25) is 0 Å². The molecule has 1 aromatic carbocycles. The molecule has 4 heteroatoms. The van der Waals surface area contributed by atoms with E-state index in [9.17, 15) is 8.78 Å². The van der Waals surface area contributed by atoms with Gasteiger partial charge in [-0.3, -0.25) is 4.90 Å². The van der Waals surface area contributed by atoms with E-state index < -0.39 is 11.6 Å². The Bertz CT molecular complexity index is 402. The summed E-state index contributed by atoms with van der Waals surface area (Å²) in [6, 6.07) is 3.96. The van der Waals surface area contributed by atoms with Crippen molar-refractivity contribution >= 4 is 0 Å². The zero-order valence-corrected chi connectivity index (χ0v) is 11.4. The van der Waals surface area contributed by atoms with Gasteiger partial charge in [-0.1, -0.05) is 18.9 Å². The maximum Gasteiger partial charge on any atom is 0.130 e. The van der Waals surface area contributed by atoms with E-state index in [2.05, 4.69) is 11.8 Å². The first-order valence-corrected chi connectivity index (χ1v) is 7.05. The second-order valence-corrected chi connectivity index (χ2v) is 5.32. The highest BCUT2D eigenvalue weighted by Crippen LogP contribution is 2.30. The Kier molecular flexibility index (Phi) is 4.88. The van der Waals surface area contributed by atoms with E-state index in [0.717, 1.165) is 19.4 Å². The smallest absolute Gasteiger partial charge is 0.130 e. The van der Waals surface area contributed by atoms with E-state index in [1.165, 1.54) is 31.0 Å². The monoisotopic (exact) mass is 268 g/mol. The third-order valence-electron chi connectivity index (χ3n) is 4.06. The Labute approximate surface area is 113 Å². The minimum Gasteiger partial charge on any atom is -0.329 e. The van der Waals surface area contributed by atoms with E-state index in [-0.39, 0.29) is 18.2 Å². The second-order valence-electron chi connectivity index (χ2n) is 5.32. The first kappa shape index (κ1) is 14.4. The van der Waals surface area contributed by atoms with Crippen LogP contribution < -0.4 is 5.73 Å². The lowest BCUT2D eigenvalue weighted by molar-refractivity contribution is 0.145. The lowest BCUT2D eigenvalue weighted by Crippen LogP contribution is -2.40. The van der Waals surface area contributed by atoms with Crippen molar-refractivity contribution in [3.8, 4) is 0 Å². The molecule has 0 aliphatic carbocycles.